The number of rotatable bonds is 4. The topological polar surface area (TPSA) is 87.7 Å². The highest BCUT2D eigenvalue weighted by Crippen LogP contribution is 2.33. The molecular weight excluding hydrogens is 355 g/mol. The van der Waals surface area contributed by atoms with E-state index in [0.717, 1.165) is 12.1 Å². The molecule has 0 radical (unpaired) electrons. The van der Waals surface area contributed by atoms with E-state index in [9.17, 15) is 18.0 Å². The molecule has 1 amide bonds. The summed E-state index contributed by atoms with van der Waals surface area (Å²) >= 11 is 2.95. The van der Waals surface area contributed by atoms with Crippen molar-refractivity contribution in [2.45, 2.75) is 19.5 Å². The smallest absolute Gasteiger partial charge is 0.409 e. The molecule has 4 N–H and O–H groups in total. The summed E-state index contributed by atoms with van der Waals surface area (Å²) in [5.41, 5.74) is 4.43. The number of nitrogens with zero attached hydrogens (tertiary/aromatic N) is 1. The minimum absolute atomic E-state index is 0.0362. The number of hydrogen-bond donors (Lipinski definition) is 3. The number of hydrogen-bond acceptors (Lipinski definition) is 3. The summed E-state index contributed by atoms with van der Waals surface area (Å²) < 4.78 is 38.2. The van der Waals surface area contributed by atoms with Crippen LogP contribution in [0.1, 0.15) is 18.9 Å². The number of nitrogens with one attached hydrogen (secondary N) is 1. The van der Waals surface area contributed by atoms with Crippen LogP contribution in [-0.4, -0.2) is 17.0 Å². The van der Waals surface area contributed by atoms with Crippen LogP contribution < -0.4 is 11.1 Å². The summed E-state index contributed by atoms with van der Waals surface area (Å²) in [4.78, 5) is 11.9. The van der Waals surface area contributed by atoms with E-state index < -0.39 is 23.6 Å². The summed E-state index contributed by atoms with van der Waals surface area (Å²) in [5.74, 6) is -1.89. The zero-order valence-electron chi connectivity index (χ0n) is 10.9. The lowest BCUT2D eigenvalue weighted by atomic mass is 10.0. The van der Waals surface area contributed by atoms with Crippen LogP contribution in [0.25, 0.3) is 0 Å². The molecule has 0 saturated carbocycles. The SMILES string of the molecule is CCC(C(=O)Nc1cc(Br)cc(C(F)(F)F)c1)C(N)=NO. The van der Waals surface area contributed by atoms with Crippen molar-refractivity contribution >= 4 is 33.4 Å². The molecule has 0 aliphatic rings. The second-order valence-corrected chi connectivity index (χ2v) is 5.12. The molecule has 5 nitrogen and oxygen atoms in total. The van der Waals surface area contributed by atoms with Crippen LogP contribution in [0.15, 0.2) is 27.8 Å². The summed E-state index contributed by atoms with van der Waals surface area (Å²) in [5, 5.41) is 13.6. The first-order valence-electron chi connectivity index (χ1n) is 5.85. The van der Waals surface area contributed by atoms with Crippen LogP contribution in [0.2, 0.25) is 0 Å². The highest BCUT2D eigenvalue weighted by atomic mass is 79.9. The van der Waals surface area contributed by atoms with Crippen LogP contribution in [-0.2, 0) is 11.0 Å². The molecule has 21 heavy (non-hydrogen) atoms. The number of nitrogens with two attached hydrogens (primary N) is 1. The Hall–Kier alpha value is -1.77. The lowest BCUT2D eigenvalue weighted by Gasteiger charge is -2.15. The summed E-state index contributed by atoms with van der Waals surface area (Å²) in [6.07, 6.45) is -4.29. The molecule has 0 fully saturated rings. The number of benzene rings is 1. The van der Waals surface area contributed by atoms with Crippen molar-refractivity contribution in [3.8, 4) is 0 Å². The van der Waals surface area contributed by atoms with Gasteiger partial charge in [0.2, 0.25) is 5.91 Å². The third kappa shape index (κ3) is 4.62. The van der Waals surface area contributed by atoms with Gasteiger partial charge in [0.1, 0.15) is 0 Å². The minimum atomic E-state index is -4.53. The van der Waals surface area contributed by atoms with E-state index in [0.29, 0.717) is 0 Å². The van der Waals surface area contributed by atoms with E-state index in [1.807, 2.05) is 0 Å². The van der Waals surface area contributed by atoms with Gasteiger partial charge in [-0.3, -0.25) is 4.79 Å². The van der Waals surface area contributed by atoms with Gasteiger partial charge >= 0.3 is 6.18 Å². The number of amides is 1. The molecule has 0 aliphatic heterocycles. The van der Waals surface area contributed by atoms with Crippen molar-refractivity contribution in [1.82, 2.24) is 0 Å². The third-order valence-electron chi connectivity index (χ3n) is 2.69. The van der Waals surface area contributed by atoms with E-state index in [2.05, 4.69) is 26.4 Å². The maximum absolute atomic E-state index is 12.7. The zero-order valence-corrected chi connectivity index (χ0v) is 12.5. The molecule has 0 aromatic heterocycles. The van der Waals surface area contributed by atoms with Gasteiger partial charge in [0.15, 0.2) is 5.84 Å². The number of amidine groups is 1. The average Bonchev–Trinajstić information content (AvgIpc) is 2.37. The molecule has 1 aromatic carbocycles. The predicted molar refractivity (Wildman–Crippen MR) is 75.0 cm³/mol. The second-order valence-electron chi connectivity index (χ2n) is 4.20. The molecular formula is C12H13BrF3N3O2. The second kappa shape index (κ2) is 6.79. The van der Waals surface area contributed by atoms with Crippen molar-refractivity contribution in [2.24, 2.45) is 16.8 Å². The van der Waals surface area contributed by atoms with Gasteiger partial charge < -0.3 is 16.3 Å². The molecule has 0 heterocycles. The Kier molecular flexibility index (Phi) is 5.59. The van der Waals surface area contributed by atoms with Gasteiger partial charge in [0, 0.05) is 10.2 Å². The zero-order chi connectivity index (χ0) is 16.2. The standard InChI is InChI=1S/C12H13BrF3N3O2/c1-2-9(10(17)19-21)11(20)18-8-4-6(12(14,15)16)3-7(13)5-8/h3-5,9,21H,2H2,1H3,(H2,17,19)(H,18,20). The first-order valence-corrected chi connectivity index (χ1v) is 6.64. The maximum Gasteiger partial charge on any atom is 0.416 e. The highest BCUT2D eigenvalue weighted by molar-refractivity contribution is 9.10. The molecule has 1 unspecified atom stereocenters. The molecule has 1 rings (SSSR count). The Bertz CT molecular complexity index is 561. The lowest BCUT2D eigenvalue weighted by Crippen LogP contribution is -2.34. The van der Waals surface area contributed by atoms with Crippen LogP contribution in [0, 0.1) is 5.92 Å². The minimum Gasteiger partial charge on any atom is -0.409 e. The number of alkyl halides is 3. The molecule has 1 atom stereocenters. The van der Waals surface area contributed by atoms with E-state index in [4.69, 9.17) is 10.9 Å². The van der Waals surface area contributed by atoms with Crippen LogP contribution in [0.4, 0.5) is 18.9 Å². The van der Waals surface area contributed by atoms with Crippen molar-refractivity contribution in [2.75, 3.05) is 5.32 Å². The predicted octanol–water partition coefficient (Wildman–Crippen LogP) is 3.18. The van der Waals surface area contributed by atoms with Gasteiger partial charge in [0.05, 0.1) is 11.5 Å². The van der Waals surface area contributed by atoms with Crippen LogP contribution in [0.5, 0.6) is 0 Å². The molecule has 0 saturated heterocycles. The van der Waals surface area contributed by atoms with Crippen molar-refractivity contribution in [1.29, 1.82) is 0 Å². The van der Waals surface area contributed by atoms with E-state index in [1.165, 1.54) is 6.07 Å². The molecule has 9 heteroatoms. The van der Waals surface area contributed by atoms with Gasteiger partial charge in [-0.2, -0.15) is 13.2 Å². The Morgan fingerprint density at radius 3 is 2.57 bits per heavy atom. The normalized spacial score (nSPS) is 13.9. The fraction of sp³-hybridized carbons (Fsp3) is 0.333. The quantitative estimate of drug-likeness (QED) is 0.330. The van der Waals surface area contributed by atoms with Crippen LogP contribution >= 0.6 is 15.9 Å². The number of carbonyl (C=O) groups is 1. The number of carbonyl (C=O) groups excluding carboxylic acids is 1. The molecule has 0 aliphatic carbocycles. The number of oxime groups is 1. The van der Waals surface area contributed by atoms with Gasteiger partial charge in [-0.1, -0.05) is 28.0 Å². The Morgan fingerprint density at radius 2 is 2.10 bits per heavy atom. The monoisotopic (exact) mass is 367 g/mol. The first-order chi connectivity index (χ1) is 9.68. The summed E-state index contributed by atoms with van der Waals surface area (Å²) in [6.45, 7) is 1.63. The largest absolute Gasteiger partial charge is 0.416 e. The summed E-state index contributed by atoms with van der Waals surface area (Å²) in [7, 11) is 0. The van der Waals surface area contributed by atoms with Gasteiger partial charge in [-0.15, -0.1) is 0 Å². The molecule has 1 aromatic rings. The number of halogens is 4. The van der Waals surface area contributed by atoms with Gasteiger partial charge in [-0.25, -0.2) is 0 Å². The van der Waals surface area contributed by atoms with Gasteiger partial charge in [0.25, 0.3) is 0 Å². The first kappa shape index (κ1) is 17.3. The van der Waals surface area contributed by atoms with Crippen molar-refractivity contribution in [3.63, 3.8) is 0 Å². The Labute approximate surface area is 127 Å². The third-order valence-corrected chi connectivity index (χ3v) is 3.15. The Morgan fingerprint density at radius 1 is 1.48 bits per heavy atom. The fourth-order valence-corrected chi connectivity index (χ4v) is 2.15. The van der Waals surface area contributed by atoms with Crippen LogP contribution in [0.3, 0.4) is 0 Å². The van der Waals surface area contributed by atoms with Gasteiger partial charge in [-0.05, 0) is 24.6 Å². The van der Waals surface area contributed by atoms with E-state index in [-0.39, 0.29) is 22.4 Å². The van der Waals surface area contributed by atoms with Crippen molar-refractivity contribution < 1.29 is 23.2 Å². The lowest BCUT2D eigenvalue weighted by molar-refractivity contribution is -0.137. The highest BCUT2D eigenvalue weighted by Gasteiger charge is 2.31. The van der Waals surface area contributed by atoms with Crippen molar-refractivity contribution in [3.05, 3.63) is 28.2 Å². The summed E-state index contributed by atoms with van der Waals surface area (Å²) in [6, 6.07) is 3.03. The fourth-order valence-electron chi connectivity index (χ4n) is 1.65. The molecule has 0 bridgehead atoms. The Balaban J connectivity index is 3.03. The van der Waals surface area contributed by atoms with E-state index >= 15 is 0 Å². The molecule has 0 spiro atoms. The number of anilines is 1. The average molecular weight is 368 g/mol. The molecule has 116 valence electrons. The maximum atomic E-state index is 12.7. The van der Waals surface area contributed by atoms with E-state index in [1.54, 1.807) is 6.92 Å².